The first kappa shape index (κ1) is 21.7. The van der Waals surface area contributed by atoms with Crippen molar-refractivity contribution in [2.45, 2.75) is 23.9 Å². The minimum Gasteiger partial charge on any atom is -0.368 e. The number of carbonyl (C=O) groups is 1. The number of rotatable bonds is 4. The van der Waals surface area contributed by atoms with E-state index in [-0.39, 0.29) is 17.3 Å². The lowest BCUT2D eigenvalue weighted by molar-refractivity contribution is -0.136. The second-order valence-electron chi connectivity index (χ2n) is 8.50. The highest BCUT2D eigenvalue weighted by Gasteiger charge is 2.41. The normalized spacial score (nSPS) is 19.2. The van der Waals surface area contributed by atoms with Crippen LogP contribution in [0.25, 0.3) is 0 Å². The van der Waals surface area contributed by atoms with Crippen LogP contribution in [0.5, 0.6) is 0 Å². The topological polar surface area (TPSA) is 60.9 Å². The number of hydrogen-bond donors (Lipinski definition) is 0. The number of piperazine rings is 1. The van der Waals surface area contributed by atoms with Crippen molar-refractivity contribution in [1.82, 2.24) is 9.21 Å². The zero-order valence-corrected chi connectivity index (χ0v) is 19.2. The number of hydrogen-bond acceptors (Lipinski definition) is 4. The summed E-state index contributed by atoms with van der Waals surface area (Å²) in [6, 6.07) is 25.6. The third-order valence-corrected chi connectivity index (χ3v) is 8.42. The summed E-state index contributed by atoms with van der Waals surface area (Å²) in [6.45, 7) is 2.80. The Balaban J connectivity index is 1.40. The van der Waals surface area contributed by atoms with Gasteiger partial charge in [-0.15, -0.1) is 0 Å². The van der Waals surface area contributed by atoms with Gasteiger partial charge in [-0.3, -0.25) is 4.79 Å². The molecule has 7 heteroatoms. The number of anilines is 1. The Hall–Kier alpha value is -3.16. The van der Waals surface area contributed by atoms with E-state index in [0.29, 0.717) is 19.5 Å². The molecule has 170 valence electrons. The predicted octanol–water partition coefficient (Wildman–Crippen LogP) is 3.15. The van der Waals surface area contributed by atoms with Crippen molar-refractivity contribution in [2.75, 3.05) is 31.1 Å². The van der Waals surface area contributed by atoms with Gasteiger partial charge < -0.3 is 9.80 Å². The minimum atomic E-state index is -3.82. The summed E-state index contributed by atoms with van der Waals surface area (Å²) in [6.07, 6.45) is 0.389. The largest absolute Gasteiger partial charge is 0.368 e. The maximum absolute atomic E-state index is 13.7. The van der Waals surface area contributed by atoms with E-state index in [1.807, 2.05) is 47.4 Å². The fourth-order valence-electron chi connectivity index (χ4n) is 4.72. The molecule has 1 saturated heterocycles. The maximum atomic E-state index is 13.7. The van der Waals surface area contributed by atoms with Crippen LogP contribution in [-0.4, -0.2) is 55.8 Å². The molecule has 0 spiro atoms. The van der Waals surface area contributed by atoms with Crippen LogP contribution in [0, 0.1) is 0 Å². The van der Waals surface area contributed by atoms with Crippen LogP contribution in [0.3, 0.4) is 0 Å². The maximum Gasteiger partial charge on any atom is 0.244 e. The highest BCUT2D eigenvalue weighted by atomic mass is 32.2. The minimum absolute atomic E-state index is 0.114. The molecule has 0 unspecified atom stereocenters. The van der Waals surface area contributed by atoms with E-state index in [0.717, 1.165) is 29.9 Å². The van der Waals surface area contributed by atoms with Gasteiger partial charge >= 0.3 is 0 Å². The first-order chi connectivity index (χ1) is 16.0. The lowest BCUT2D eigenvalue weighted by atomic mass is 9.95. The first-order valence-corrected chi connectivity index (χ1v) is 12.7. The van der Waals surface area contributed by atoms with Crippen LogP contribution in [0.2, 0.25) is 0 Å². The van der Waals surface area contributed by atoms with Gasteiger partial charge in [0.1, 0.15) is 6.04 Å². The van der Waals surface area contributed by atoms with E-state index >= 15 is 0 Å². The molecular weight excluding hydrogens is 434 g/mol. The lowest BCUT2D eigenvalue weighted by Gasteiger charge is -2.41. The summed E-state index contributed by atoms with van der Waals surface area (Å²) in [4.78, 5) is 18.0. The van der Waals surface area contributed by atoms with Crippen molar-refractivity contribution in [3.05, 3.63) is 96.1 Å². The van der Waals surface area contributed by atoms with Crippen LogP contribution >= 0.6 is 0 Å². The molecule has 0 bridgehead atoms. The molecule has 1 fully saturated rings. The van der Waals surface area contributed by atoms with E-state index in [1.165, 1.54) is 4.31 Å². The number of fused-ring (bicyclic) bond motifs is 1. The van der Waals surface area contributed by atoms with Gasteiger partial charge in [-0.1, -0.05) is 60.7 Å². The number of nitrogens with zero attached hydrogens (tertiary/aromatic N) is 3. The Morgan fingerprint density at radius 3 is 1.97 bits per heavy atom. The molecule has 3 aromatic carbocycles. The third-order valence-electron chi connectivity index (χ3n) is 6.55. The smallest absolute Gasteiger partial charge is 0.244 e. The summed E-state index contributed by atoms with van der Waals surface area (Å²) < 4.78 is 28.6. The van der Waals surface area contributed by atoms with Gasteiger partial charge in [0.05, 0.1) is 4.90 Å². The second-order valence-corrected chi connectivity index (χ2v) is 10.4. The molecule has 0 saturated carbocycles. The average Bonchev–Trinajstić information content (AvgIpc) is 2.88. The van der Waals surface area contributed by atoms with Crippen LogP contribution in [-0.2, 0) is 27.8 Å². The highest BCUT2D eigenvalue weighted by molar-refractivity contribution is 7.89. The Morgan fingerprint density at radius 2 is 1.30 bits per heavy atom. The summed E-state index contributed by atoms with van der Waals surface area (Å²) in [5, 5.41) is 0. The zero-order chi connectivity index (χ0) is 22.8. The summed E-state index contributed by atoms with van der Waals surface area (Å²) in [7, 11) is -3.82. The van der Waals surface area contributed by atoms with Crippen molar-refractivity contribution in [3.63, 3.8) is 0 Å². The highest BCUT2D eigenvalue weighted by Crippen LogP contribution is 2.30. The van der Waals surface area contributed by atoms with Gasteiger partial charge in [0.25, 0.3) is 0 Å². The molecule has 2 aliphatic heterocycles. The van der Waals surface area contributed by atoms with E-state index in [9.17, 15) is 13.2 Å². The van der Waals surface area contributed by atoms with Crippen LogP contribution < -0.4 is 4.90 Å². The molecule has 2 heterocycles. The van der Waals surface area contributed by atoms with Crippen molar-refractivity contribution >= 4 is 21.6 Å². The van der Waals surface area contributed by atoms with E-state index in [1.54, 1.807) is 30.3 Å². The molecular formula is C26H27N3O3S. The molecule has 6 nitrogen and oxygen atoms in total. The van der Waals surface area contributed by atoms with Crippen LogP contribution in [0.15, 0.2) is 89.8 Å². The Morgan fingerprint density at radius 1 is 0.727 bits per heavy atom. The average molecular weight is 462 g/mol. The molecule has 1 amide bonds. The van der Waals surface area contributed by atoms with Crippen LogP contribution in [0.4, 0.5) is 5.69 Å². The Bertz CT molecular complexity index is 1220. The first-order valence-electron chi connectivity index (χ1n) is 11.3. The molecule has 0 N–H and O–H groups in total. The van der Waals surface area contributed by atoms with Gasteiger partial charge in [0.15, 0.2) is 0 Å². The molecule has 0 radical (unpaired) electrons. The van der Waals surface area contributed by atoms with Gasteiger partial charge in [-0.2, -0.15) is 4.31 Å². The van der Waals surface area contributed by atoms with E-state index in [4.69, 9.17) is 0 Å². The predicted molar refractivity (Wildman–Crippen MR) is 128 cm³/mol. The van der Waals surface area contributed by atoms with Gasteiger partial charge in [0.2, 0.25) is 15.9 Å². The van der Waals surface area contributed by atoms with Gasteiger partial charge in [-0.25, -0.2) is 8.42 Å². The summed E-state index contributed by atoms with van der Waals surface area (Å²) in [5.74, 6) is -0.114. The molecule has 3 aromatic rings. The monoisotopic (exact) mass is 461 g/mol. The van der Waals surface area contributed by atoms with Crippen molar-refractivity contribution in [2.24, 2.45) is 0 Å². The van der Waals surface area contributed by atoms with Crippen molar-refractivity contribution < 1.29 is 13.2 Å². The fourth-order valence-corrected chi connectivity index (χ4v) is 6.31. The van der Waals surface area contributed by atoms with Crippen molar-refractivity contribution in [3.8, 4) is 0 Å². The quantitative estimate of drug-likeness (QED) is 0.599. The summed E-state index contributed by atoms with van der Waals surface area (Å²) >= 11 is 0. The molecule has 33 heavy (non-hydrogen) atoms. The van der Waals surface area contributed by atoms with E-state index < -0.39 is 16.1 Å². The third kappa shape index (κ3) is 4.26. The molecule has 5 rings (SSSR count). The van der Waals surface area contributed by atoms with Crippen LogP contribution in [0.1, 0.15) is 11.1 Å². The lowest BCUT2D eigenvalue weighted by Crippen LogP contribution is -2.57. The molecule has 0 aromatic heterocycles. The number of benzene rings is 3. The number of carbonyl (C=O) groups excluding carboxylic acids is 1. The van der Waals surface area contributed by atoms with Gasteiger partial charge in [-0.05, 0) is 41.8 Å². The molecule has 2 aliphatic rings. The summed E-state index contributed by atoms with van der Waals surface area (Å²) in [5.41, 5.74) is 3.14. The van der Waals surface area contributed by atoms with E-state index in [2.05, 4.69) is 17.0 Å². The van der Waals surface area contributed by atoms with Crippen molar-refractivity contribution in [1.29, 1.82) is 0 Å². The Kier molecular flexibility index (Phi) is 5.91. The Labute approximate surface area is 195 Å². The fraction of sp³-hybridized carbons (Fsp3) is 0.269. The standard InChI is InChI=1S/C26H27N3O3S/c30-26(28-17-15-27(16-18-28)23-11-3-1-4-12-23)25-19-21-9-7-8-10-22(21)20-29(25)33(31,32)24-13-5-2-6-14-24/h1-14,25H,15-20H2/t25-/m0/s1. The molecule has 0 aliphatic carbocycles. The number of para-hydroxylation sites is 1. The van der Waals surface area contributed by atoms with Gasteiger partial charge in [0, 0.05) is 38.4 Å². The zero-order valence-electron chi connectivity index (χ0n) is 18.4. The number of sulfonamides is 1. The SMILES string of the molecule is O=C([C@@H]1Cc2ccccc2CN1S(=O)(=O)c1ccccc1)N1CCN(c2ccccc2)CC1. The second kappa shape index (κ2) is 9.00. The number of amides is 1. The molecule has 1 atom stereocenters.